The minimum atomic E-state index is 0.222. The van der Waals surface area contributed by atoms with Gasteiger partial charge in [-0.05, 0) is 30.3 Å². The lowest BCUT2D eigenvalue weighted by atomic mass is 10.2. The summed E-state index contributed by atoms with van der Waals surface area (Å²) in [6.45, 7) is 1.54. The molecule has 5 heteroatoms. The van der Waals surface area contributed by atoms with Crippen LogP contribution in [0.25, 0.3) is 0 Å². The summed E-state index contributed by atoms with van der Waals surface area (Å²) in [6.07, 6.45) is 0. The van der Waals surface area contributed by atoms with Crippen molar-refractivity contribution < 1.29 is 14.6 Å². The number of aromatic hydroxyl groups is 1. The van der Waals surface area contributed by atoms with Crippen LogP contribution < -0.4 is 10.1 Å². The monoisotopic (exact) mass is 307 g/mol. The lowest BCUT2D eigenvalue weighted by Crippen LogP contribution is -2.05. The molecule has 0 aliphatic carbocycles. The average molecular weight is 308 g/mol. The molecule has 0 aliphatic rings. The number of nitrogens with one attached hydrogen (secondary N) is 1. The van der Waals surface area contributed by atoms with Gasteiger partial charge in [-0.1, -0.05) is 17.7 Å². The smallest absolute Gasteiger partial charge is 0.121 e. The number of phenols is 1. The summed E-state index contributed by atoms with van der Waals surface area (Å²) in [4.78, 5) is 0. The van der Waals surface area contributed by atoms with Gasteiger partial charge in [0.15, 0.2) is 0 Å². The first-order valence-electron chi connectivity index (χ1n) is 6.62. The van der Waals surface area contributed by atoms with Crippen molar-refractivity contribution in [2.24, 2.45) is 0 Å². The predicted octanol–water partition coefficient (Wildman–Crippen LogP) is 3.68. The molecule has 2 rings (SSSR count). The molecule has 0 fully saturated rings. The maximum absolute atomic E-state index is 9.77. The molecule has 0 atom stereocenters. The van der Waals surface area contributed by atoms with Crippen molar-refractivity contribution >= 4 is 17.3 Å². The molecule has 0 radical (unpaired) electrons. The fourth-order valence-electron chi connectivity index (χ4n) is 1.83. The van der Waals surface area contributed by atoms with Crippen molar-refractivity contribution in [2.45, 2.75) is 6.54 Å². The van der Waals surface area contributed by atoms with E-state index in [-0.39, 0.29) is 5.75 Å². The van der Waals surface area contributed by atoms with Crippen LogP contribution in [-0.4, -0.2) is 25.4 Å². The summed E-state index contributed by atoms with van der Waals surface area (Å²) in [5.41, 5.74) is 1.65. The second-order valence-electron chi connectivity index (χ2n) is 4.50. The van der Waals surface area contributed by atoms with Gasteiger partial charge in [0, 0.05) is 36.0 Å². The molecule has 0 saturated carbocycles. The van der Waals surface area contributed by atoms with Crippen molar-refractivity contribution in [3.05, 3.63) is 53.1 Å². The van der Waals surface area contributed by atoms with E-state index in [1.807, 2.05) is 24.3 Å². The highest BCUT2D eigenvalue weighted by atomic mass is 35.5. The van der Waals surface area contributed by atoms with Gasteiger partial charge in [0.1, 0.15) is 18.1 Å². The van der Waals surface area contributed by atoms with Crippen LogP contribution in [0, 0.1) is 0 Å². The molecule has 2 N–H and O–H groups in total. The molecule has 2 aromatic rings. The zero-order chi connectivity index (χ0) is 15.1. The molecule has 0 unspecified atom stereocenters. The summed E-state index contributed by atoms with van der Waals surface area (Å²) < 4.78 is 10.5. The van der Waals surface area contributed by atoms with E-state index in [0.717, 1.165) is 17.0 Å². The molecule has 0 aromatic heterocycles. The van der Waals surface area contributed by atoms with E-state index in [9.17, 15) is 5.11 Å². The predicted molar refractivity (Wildman–Crippen MR) is 84.3 cm³/mol. The van der Waals surface area contributed by atoms with Gasteiger partial charge in [0.2, 0.25) is 0 Å². The molecule has 0 heterocycles. The molecule has 4 nitrogen and oxygen atoms in total. The van der Waals surface area contributed by atoms with Crippen LogP contribution in [0.3, 0.4) is 0 Å². The third kappa shape index (κ3) is 4.85. The van der Waals surface area contributed by atoms with Crippen molar-refractivity contribution in [3.63, 3.8) is 0 Å². The number of halogens is 1. The molecule has 0 spiro atoms. The van der Waals surface area contributed by atoms with E-state index in [2.05, 4.69) is 5.32 Å². The zero-order valence-electron chi connectivity index (χ0n) is 11.8. The zero-order valence-corrected chi connectivity index (χ0v) is 12.6. The largest absolute Gasteiger partial charge is 0.508 e. The molecule has 0 amide bonds. The molecule has 0 saturated heterocycles. The molecular weight excluding hydrogens is 290 g/mol. The number of phenolic OH excluding ortho intramolecular Hbond substituents is 1. The third-order valence-corrected chi connectivity index (χ3v) is 3.15. The number of benzene rings is 2. The first kappa shape index (κ1) is 15.5. The number of hydrogen-bond acceptors (Lipinski definition) is 4. The van der Waals surface area contributed by atoms with Crippen LogP contribution in [0.1, 0.15) is 5.56 Å². The summed E-state index contributed by atoms with van der Waals surface area (Å²) in [6, 6.07) is 12.6. The van der Waals surface area contributed by atoms with Gasteiger partial charge in [0.25, 0.3) is 0 Å². The van der Waals surface area contributed by atoms with Crippen LogP contribution in [0.2, 0.25) is 5.02 Å². The Bertz CT molecular complexity index is 589. The van der Waals surface area contributed by atoms with Crippen molar-refractivity contribution in [2.75, 3.05) is 25.6 Å². The maximum atomic E-state index is 9.77. The molecule has 0 bridgehead atoms. The Balaban J connectivity index is 1.96. The van der Waals surface area contributed by atoms with Gasteiger partial charge >= 0.3 is 0 Å². The molecule has 2 aromatic carbocycles. The van der Waals surface area contributed by atoms with Gasteiger partial charge in [-0.15, -0.1) is 0 Å². The van der Waals surface area contributed by atoms with Gasteiger partial charge in [-0.3, -0.25) is 0 Å². The lowest BCUT2D eigenvalue weighted by molar-refractivity contribution is 0.146. The standard InChI is InChI=1S/C16H18ClNO3/c1-20-7-8-21-15-4-2-3-14(10-15)18-11-12-9-13(17)5-6-16(12)19/h2-6,9-10,18-19H,7-8,11H2,1H3. The van der Waals surface area contributed by atoms with E-state index in [1.54, 1.807) is 25.3 Å². The van der Waals surface area contributed by atoms with Crippen LogP contribution in [0.15, 0.2) is 42.5 Å². The Morgan fingerprint density at radius 1 is 1.14 bits per heavy atom. The second kappa shape index (κ2) is 7.76. The van der Waals surface area contributed by atoms with Crippen molar-refractivity contribution in [1.29, 1.82) is 0 Å². The minimum absolute atomic E-state index is 0.222. The summed E-state index contributed by atoms with van der Waals surface area (Å²) in [5, 5.41) is 13.6. The number of hydrogen-bond donors (Lipinski definition) is 2. The van der Waals surface area contributed by atoms with Gasteiger partial charge in [-0.25, -0.2) is 0 Å². The number of rotatable bonds is 7. The second-order valence-corrected chi connectivity index (χ2v) is 4.93. The van der Waals surface area contributed by atoms with Crippen LogP contribution in [-0.2, 0) is 11.3 Å². The number of anilines is 1. The summed E-state index contributed by atoms with van der Waals surface area (Å²) in [5.74, 6) is 0.992. The third-order valence-electron chi connectivity index (χ3n) is 2.91. The quantitative estimate of drug-likeness (QED) is 0.766. The molecule has 112 valence electrons. The Labute approximate surface area is 129 Å². The van der Waals surface area contributed by atoms with Gasteiger partial charge < -0.3 is 19.9 Å². The maximum Gasteiger partial charge on any atom is 0.121 e. The van der Waals surface area contributed by atoms with Crippen LogP contribution >= 0.6 is 11.6 Å². The number of ether oxygens (including phenoxy) is 2. The van der Waals surface area contributed by atoms with Crippen molar-refractivity contribution in [1.82, 2.24) is 0 Å². The minimum Gasteiger partial charge on any atom is -0.508 e. The molecule has 21 heavy (non-hydrogen) atoms. The van der Waals surface area contributed by atoms with E-state index in [4.69, 9.17) is 21.1 Å². The van der Waals surface area contributed by atoms with Crippen LogP contribution in [0.4, 0.5) is 5.69 Å². The fraction of sp³-hybridized carbons (Fsp3) is 0.250. The first-order chi connectivity index (χ1) is 10.2. The highest BCUT2D eigenvalue weighted by Gasteiger charge is 2.03. The molecule has 0 aliphatic heterocycles. The fourth-order valence-corrected chi connectivity index (χ4v) is 2.03. The van der Waals surface area contributed by atoms with Crippen LogP contribution in [0.5, 0.6) is 11.5 Å². The summed E-state index contributed by atoms with van der Waals surface area (Å²) >= 11 is 5.92. The van der Waals surface area contributed by atoms with Gasteiger partial charge in [-0.2, -0.15) is 0 Å². The highest BCUT2D eigenvalue weighted by Crippen LogP contribution is 2.23. The average Bonchev–Trinajstić information content (AvgIpc) is 2.49. The SMILES string of the molecule is COCCOc1cccc(NCc2cc(Cl)ccc2O)c1. The van der Waals surface area contributed by atoms with E-state index >= 15 is 0 Å². The molecular formula is C16H18ClNO3. The van der Waals surface area contributed by atoms with Crippen molar-refractivity contribution in [3.8, 4) is 11.5 Å². The Kier molecular flexibility index (Phi) is 5.72. The number of methoxy groups -OCH3 is 1. The Morgan fingerprint density at radius 2 is 2.00 bits per heavy atom. The summed E-state index contributed by atoms with van der Waals surface area (Å²) in [7, 11) is 1.64. The van der Waals surface area contributed by atoms with E-state index < -0.39 is 0 Å². The van der Waals surface area contributed by atoms with E-state index in [1.165, 1.54) is 0 Å². The normalized spacial score (nSPS) is 10.4. The lowest BCUT2D eigenvalue weighted by Gasteiger charge is -2.11. The Morgan fingerprint density at radius 3 is 2.81 bits per heavy atom. The topological polar surface area (TPSA) is 50.7 Å². The first-order valence-corrected chi connectivity index (χ1v) is 7.00. The van der Waals surface area contributed by atoms with Gasteiger partial charge in [0.05, 0.1) is 6.61 Å². The van der Waals surface area contributed by atoms with E-state index in [0.29, 0.717) is 24.8 Å². The highest BCUT2D eigenvalue weighted by molar-refractivity contribution is 6.30. The Hall–Kier alpha value is -1.91.